The third kappa shape index (κ3) is 4.46. The Morgan fingerprint density at radius 2 is 1.83 bits per heavy atom. The van der Waals surface area contributed by atoms with Crippen molar-refractivity contribution in [1.29, 1.82) is 0 Å². The average Bonchev–Trinajstić information content (AvgIpc) is 2.59. The maximum atomic E-state index is 12.1. The maximum absolute atomic E-state index is 12.1. The summed E-state index contributed by atoms with van der Waals surface area (Å²) in [5, 5.41) is 2.72. The Labute approximate surface area is 140 Å². The summed E-state index contributed by atoms with van der Waals surface area (Å²) in [6, 6.07) is 12.1. The van der Waals surface area contributed by atoms with Gasteiger partial charge in [0, 0.05) is 22.9 Å². The van der Waals surface area contributed by atoms with E-state index in [4.69, 9.17) is 9.47 Å². The maximum Gasteiger partial charge on any atom is 0.248 e. The Kier molecular flexibility index (Phi) is 5.73. The van der Waals surface area contributed by atoms with Crippen molar-refractivity contribution in [2.75, 3.05) is 19.5 Å². The monoisotopic (exact) mass is 325 g/mol. The molecule has 0 aromatic heterocycles. The molecule has 0 spiro atoms. The van der Waals surface area contributed by atoms with Crippen LogP contribution in [0.3, 0.4) is 0 Å². The van der Waals surface area contributed by atoms with Crippen LogP contribution in [0.4, 0.5) is 5.69 Å². The van der Waals surface area contributed by atoms with Crippen molar-refractivity contribution < 1.29 is 19.1 Å². The lowest BCUT2D eigenvalue weighted by molar-refractivity contribution is -0.111. The number of amides is 1. The highest BCUT2D eigenvalue weighted by atomic mass is 16.5. The van der Waals surface area contributed by atoms with Gasteiger partial charge in [0.05, 0.1) is 14.2 Å². The van der Waals surface area contributed by atoms with Crippen molar-refractivity contribution in [3.63, 3.8) is 0 Å². The van der Waals surface area contributed by atoms with Crippen LogP contribution in [0, 0.1) is 0 Å². The predicted molar refractivity (Wildman–Crippen MR) is 93.7 cm³/mol. The first-order valence-electron chi connectivity index (χ1n) is 7.35. The van der Waals surface area contributed by atoms with Gasteiger partial charge in [0.2, 0.25) is 5.91 Å². The van der Waals surface area contributed by atoms with Crippen molar-refractivity contribution in [2.45, 2.75) is 6.92 Å². The van der Waals surface area contributed by atoms with Crippen LogP contribution in [0.1, 0.15) is 22.8 Å². The second kappa shape index (κ2) is 7.97. The summed E-state index contributed by atoms with van der Waals surface area (Å²) in [5.74, 6) is 0.951. The number of carbonyl (C=O) groups excluding carboxylic acids is 2. The van der Waals surface area contributed by atoms with Crippen LogP contribution in [-0.2, 0) is 4.79 Å². The van der Waals surface area contributed by atoms with Crippen molar-refractivity contribution in [3.05, 3.63) is 59.7 Å². The smallest absolute Gasteiger partial charge is 0.248 e. The Morgan fingerprint density at radius 3 is 2.50 bits per heavy atom. The minimum atomic E-state index is -0.305. The largest absolute Gasteiger partial charge is 0.497 e. The lowest BCUT2D eigenvalue weighted by Crippen LogP contribution is -2.08. The van der Waals surface area contributed by atoms with Crippen LogP contribution in [0.25, 0.3) is 6.08 Å². The molecule has 2 aromatic carbocycles. The zero-order chi connectivity index (χ0) is 17.5. The van der Waals surface area contributed by atoms with Gasteiger partial charge < -0.3 is 14.8 Å². The molecule has 0 saturated heterocycles. The molecule has 0 aliphatic carbocycles. The fourth-order valence-corrected chi connectivity index (χ4v) is 2.13. The molecule has 0 heterocycles. The van der Waals surface area contributed by atoms with Gasteiger partial charge in [-0.1, -0.05) is 12.1 Å². The van der Waals surface area contributed by atoms with Gasteiger partial charge in [0.25, 0.3) is 0 Å². The van der Waals surface area contributed by atoms with Crippen LogP contribution in [0.5, 0.6) is 11.5 Å². The van der Waals surface area contributed by atoms with Crippen molar-refractivity contribution in [3.8, 4) is 11.5 Å². The molecule has 124 valence electrons. The molecule has 1 amide bonds. The Morgan fingerprint density at radius 1 is 1.04 bits per heavy atom. The van der Waals surface area contributed by atoms with Gasteiger partial charge in [-0.15, -0.1) is 0 Å². The first-order valence-corrected chi connectivity index (χ1v) is 7.35. The number of carbonyl (C=O) groups is 2. The molecule has 1 N–H and O–H groups in total. The van der Waals surface area contributed by atoms with Crippen LogP contribution >= 0.6 is 0 Å². The van der Waals surface area contributed by atoms with Crippen molar-refractivity contribution >= 4 is 23.5 Å². The quantitative estimate of drug-likeness (QED) is 0.651. The Hall–Kier alpha value is -3.08. The zero-order valence-electron chi connectivity index (χ0n) is 13.8. The van der Waals surface area contributed by atoms with Crippen LogP contribution in [0.15, 0.2) is 48.5 Å². The van der Waals surface area contributed by atoms with Gasteiger partial charge >= 0.3 is 0 Å². The Balaban J connectivity index is 2.13. The van der Waals surface area contributed by atoms with Gasteiger partial charge in [-0.05, 0) is 43.3 Å². The van der Waals surface area contributed by atoms with Crippen molar-refractivity contribution in [2.24, 2.45) is 0 Å². The molecule has 2 aromatic rings. The van der Waals surface area contributed by atoms with Crippen molar-refractivity contribution in [1.82, 2.24) is 0 Å². The summed E-state index contributed by atoms with van der Waals surface area (Å²) in [5.41, 5.74) is 1.84. The first kappa shape index (κ1) is 17.3. The van der Waals surface area contributed by atoms with Crippen LogP contribution < -0.4 is 14.8 Å². The fraction of sp³-hybridized carbons (Fsp3) is 0.158. The lowest BCUT2D eigenvalue weighted by atomic mass is 10.1. The fourth-order valence-electron chi connectivity index (χ4n) is 2.13. The number of methoxy groups -OCH3 is 2. The van der Waals surface area contributed by atoms with E-state index in [0.29, 0.717) is 22.7 Å². The number of hydrogen-bond acceptors (Lipinski definition) is 4. The standard InChI is InChI=1S/C19H19NO4/c1-13(21)14-5-4-6-16(11-14)20-19(22)10-7-15-12-17(23-2)8-9-18(15)24-3/h4-12H,1-3H3,(H,20,22). The third-order valence-electron chi connectivity index (χ3n) is 3.39. The molecule has 0 radical (unpaired) electrons. The summed E-state index contributed by atoms with van der Waals surface area (Å²) in [4.78, 5) is 23.4. The third-order valence-corrected chi connectivity index (χ3v) is 3.39. The SMILES string of the molecule is COc1ccc(OC)c(C=CC(=O)Nc2cccc(C(C)=O)c2)c1. The van der Waals surface area contributed by atoms with E-state index in [0.717, 1.165) is 5.56 Å². The second-order valence-electron chi connectivity index (χ2n) is 5.07. The molecule has 24 heavy (non-hydrogen) atoms. The van der Waals surface area contributed by atoms with E-state index in [-0.39, 0.29) is 11.7 Å². The molecule has 0 atom stereocenters. The van der Waals surface area contributed by atoms with E-state index in [2.05, 4.69) is 5.32 Å². The van der Waals surface area contributed by atoms with Crippen LogP contribution in [-0.4, -0.2) is 25.9 Å². The van der Waals surface area contributed by atoms with Gasteiger partial charge in [-0.25, -0.2) is 0 Å². The number of hydrogen-bond donors (Lipinski definition) is 1. The second-order valence-corrected chi connectivity index (χ2v) is 5.07. The normalized spacial score (nSPS) is 10.5. The van der Waals surface area contributed by atoms with Gasteiger partial charge in [0.1, 0.15) is 11.5 Å². The van der Waals surface area contributed by atoms with E-state index in [9.17, 15) is 9.59 Å². The highest BCUT2D eigenvalue weighted by molar-refractivity contribution is 6.03. The number of rotatable bonds is 6. The van der Waals surface area contributed by atoms with E-state index >= 15 is 0 Å². The molecule has 0 aliphatic rings. The Bertz CT molecular complexity index is 781. The van der Waals surface area contributed by atoms with E-state index in [1.165, 1.54) is 13.0 Å². The molecule has 0 bridgehead atoms. The number of ketones is 1. The summed E-state index contributed by atoms with van der Waals surface area (Å²) in [6.07, 6.45) is 3.04. The summed E-state index contributed by atoms with van der Waals surface area (Å²) >= 11 is 0. The molecule has 0 aliphatic heterocycles. The number of anilines is 1. The molecule has 0 unspecified atom stereocenters. The number of ether oxygens (including phenoxy) is 2. The molecule has 0 fully saturated rings. The topological polar surface area (TPSA) is 64.6 Å². The van der Waals surface area contributed by atoms with E-state index in [1.807, 2.05) is 0 Å². The summed E-state index contributed by atoms with van der Waals surface area (Å²) < 4.78 is 10.4. The number of benzene rings is 2. The van der Waals surface area contributed by atoms with Crippen LogP contribution in [0.2, 0.25) is 0 Å². The highest BCUT2D eigenvalue weighted by Gasteiger charge is 2.05. The number of nitrogens with one attached hydrogen (secondary N) is 1. The summed E-state index contributed by atoms with van der Waals surface area (Å²) in [7, 11) is 3.14. The zero-order valence-corrected chi connectivity index (χ0v) is 13.8. The van der Waals surface area contributed by atoms with E-state index in [1.54, 1.807) is 62.8 Å². The molecule has 5 nitrogen and oxygen atoms in total. The lowest BCUT2D eigenvalue weighted by Gasteiger charge is -2.07. The molecule has 2 rings (SSSR count). The predicted octanol–water partition coefficient (Wildman–Crippen LogP) is 3.56. The molecular formula is C19H19NO4. The minimum absolute atomic E-state index is 0.0530. The molecular weight excluding hydrogens is 306 g/mol. The molecule has 5 heteroatoms. The van der Waals surface area contributed by atoms with Gasteiger partial charge in [0.15, 0.2) is 5.78 Å². The minimum Gasteiger partial charge on any atom is -0.497 e. The highest BCUT2D eigenvalue weighted by Crippen LogP contribution is 2.25. The summed E-state index contributed by atoms with van der Waals surface area (Å²) in [6.45, 7) is 1.48. The number of Topliss-reactive ketones (excluding diaryl/α,β-unsaturated/α-hetero) is 1. The average molecular weight is 325 g/mol. The van der Waals surface area contributed by atoms with E-state index < -0.39 is 0 Å². The molecule has 0 saturated carbocycles. The van der Waals surface area contributed by atoms with Gasteiger partial charge in [-0.3, -0.25) is 9.59 Å². The first-order chi connectivity index (χ1) is 11.5. The van der Waals surface area contributed by atoms with Gasteiger partial charge in [-0.2, -0.15) is 0 Å².